The fraction of sp³-hybridized carbons (Fsp3) is 0.231. The molecular weight excluding hydrogens is 248 g/mol. The molecule has 2 aromatic rings. The summed E-state index contributed by atoms with van der Waals surface area (Å²) in [5.41, 5.74) is 2.00. The van der Waals surface area contributed by atoms with Gasteiger partial charge < -0.3 is 5.11 Å². The molecular formula is C13H12N2O2S. The number of aromatic nitrogens is 1. The van der Waals surface area contributed by atoms with E-state index in [0.717, 1.165) is 16.5 Å². The number of pyridine rings is 1. The molecule has 0 spiro atoms. The Morgan fingerprint density at radius 1 is 1.39 bits per heavy atom. The minimum atomic E-state index is -0.793. The zero-order chi connectivity index (χ0) is 12.5. The minimum Gasteiger partial charge on any atom is -0.480 e. The molecule has 92 valence electrons. The van der Waals surface area contributed by atoms with Gasteiger partial charge in [0, 0.05) is 22.9 Å². The summed E-state index contributed by atoms with van der Waals surface area (Å²) in [5.74, 6) is -0.207. The number of aliphatic carboxylic acids is 1. The number of carboxylic acids is 1. The van der Waals surface area contributed by atoms with Gasteiger partial charge >= 0.3 is 5.97 Å². The van der Waals surface area contributed by atoms with Gasteiger partial charge in [0.1, 0.15) is 6.04 Å². The number of carboxylic acid groups (broad SMARTS) is 1. The Balaban J connectivity index is 1.98. The van der Waals surface area contributed by atoms with Crippen LogP contribution in [0.2, 0.25) is 0 Å². The Labute approximate surface area is 108 Å². The lowest BCUT2D eigenvalue weighted by Gasteiger charge is -2.13. The molecule has 3 rings (SSSR count). The van der Waals surface area contributed by atoms with Gasteiger partial charge in [-0.15, -0.1) is 11.8 Å². The van der Waals surface area contributed by atoms with Crippen molar-refractivity contribution in [2.24, 2.45) is 0 Å². The third-order valence-corrected chi connectivity index (χ3v) is 4.28. The molecule has 1 saturated heterocycles. The maximum Gasteiger partial charge on any atom is 0.321 e. The summed E-state index contributed by atoms with van der Waals surface area (Å²) in [7, 11) is 0. The van der Waals surface area contributed by atoms with Gasteiger partial charge in [-0.05, 0) is 6.07 Å². The largest absolute Gasteiger partial charge is 0.480 e. The van der Waals surface area contributed by atoms with E-state index in [-0.39, 0.29) is 5.37 Å². The molecule has 0 bridgehead atoms. The monoisotopic (exact) mass is 260 g/mol. The zero-order valence-corrected chi connectivity index (χ0v) is 10.4. The van der Waals surface area contributed by atoms with Crippen LogP contribution >= 0.6 is 11.8 Å². The van der Waals surface area contributed by atoms with E-state index in [1.165, 1.54) is 0 Å². The summed E-state index contributed by atoms with van der Waals surface area (Å²) in [4.78, 5) is 15.3. The smallest absolute Gasteiger partial charge is 0.321 e. The van der Waals surface area contributed by atoms with Crippen molar-refractivity contribution in [2.45, 2.75) is 11.4 Å². The van der Waals surface area contributed by atoms with E-state index in [9.17, 15) is 4.79 Å². The summed E-state index contributed by atoms with van der Waals surface area (Å²) in [6, 6.07) is 9.45. The molecule has 2 N–H and O–H groups in total. The van der Waals surface area contributed by atoms with Crippen LogP contribution in [0.15, 0.2) is 36.5 Å². The van der Waals surface area contributed by atoms with Gasteiger partial charge in [-0.25, -0.2) is 0 Å². The van der Waals surface area contributed by atoms with Gasteiger partial charge in [0.2, 0.25) is 0 Å². The van der Waals surface area contributed by atoms with Crippen LogP contribution in [0.1, 0.15) is 10.9 Å². The first-order valence-electron chi connectivity index (χ1n) is 5.70. The molecule has 1 fully saturated rings. The van der Waals surface area contributed by atoms with Crippen molar-refractivity contribution >= 4 is 28.6 Å². The molecule has 1 aromatic carbocycles. The molecule has 1 aromatic heterocycles. The molecule has 0 aliphatic carbocycles. The quantitative estimate of drug-likeness (QED) is 0.865. The first kappa shape index (κ1) is 11.5. The van der Waals surface area contributed by atoms with Crippen LogP contribution in [0.3, 0.4) is 0 Å². The molecule has 1 unspecified atom stereocenters. The van der Waals surface area contributed by atoms with Crippen molar-refractivity contribution in [2.75, 3.05) is 5.75 Å². The summed E-state index contributed by atoms with van der Waals surface area (Å²) in [6.45, 7) is 0. The van der Waals surface area contributed by atoms with Crippen molar-refractivity contribution in [3.63, 3.8) is 0 Å². The SMILES string of the molecule is O=C(O)[C@@H]1CSC(c2cccc3cccnc23)N1. The third kappa shape index (κ3) is 1.95. The van der Waals surface area contributed by atoms with Crippen LogP contribution in [0.25, 0.3) is 10.9 Å². The highest BCUT2D eigenvalue weighted by atomic mass is 32.2. The number of hydrogen-bond acceptors (Lipinski definition) is 4. The fourth-order valence-corrected chi connectivity index (χ4v) is 3.39. The Bertz CT molecular complexity index is 597. The second-order valence-electron chi connectivity index (χ2n) is 4.19. The normalized spacial score (nSPS) is 23.3. The fourth-order valence-electron chi connectivity index (χ4n) is 2.13. The van der Waals surface area contributed by atoms with Crippen molar-refractivity contribution < 1.29 is 9.90 Å². The molecule has 4 nitrogen and oxygen atoms in total. The predicted molar refractivity (Wildman–Crippen MR) is 71.5 cm³/mol. The van der Waals surface area contributed by atoms with E-state index in [2.05, 4.69) is 10.3 Å². The highest BCUT2D eigenvalue weighted by molar-refractivity contribution is 7.99. The van der Waals surface area contributed by atoms with Crippen LogP contribution in [0.4, 0.5) is 0 Å². The number of hydrogen-bond donors (Lipinski definition) is 2. The zero-order valence-electron chi connectivity index (χ0n) is 9.54. The van der Waals surface area contributed by atoms with Crippen molar-refractivity contribution in [3.8, 4) is 0 Å². The molecule has 18 heavy (non-hydrogen) atoms. The molecule has 2 heterocycles. The molecule has 2 atom stereocenters. The molecule has 5 heteroatoms. The Morgan fingerprint density at radius 3 is 3.00 bits per heavy atom. The maximum atomic E-state index is 11.0. The Kier molecular flexibility index (Phi) is 2.93. The van der Waals surface area contributed by atoms with Crippen LogP contribution in [-0.4, -0.2) is 27.9 Å². The van der Waals surface area contributed by atoms with E-state index >= 15 is 0 Å². The number of fused-ring (bicyclic) bond motifs is 1. The third-order valence-electron chi connectivity index (χ3n) is 3.03. The average Bonchev–Trinajstić information content (AvgIpc) is 2.87. The van der Waals surface area contributed by atoms with E-state index in [4.69, 9.17) is 5.11 Å². The second kappa shape index (κ2) is 4.59. The van der Waals surface area contributed by atoms with Gasteiger partial charge in [0.05, 0.1) is 10.9 Å². The van der Waals surface area contributed by atoms with Gasteiger partial charge in [-0.3, -0.25) is 15.1 Å². The van der Waals surface area contributed by atoms with E-state index < -0.39 is 12.0 Å². The maximum absolute atomic E-state index is 11.0. The van der Waals surface area contributed by atoms with Gasteiger partial charge in [-0.2, -0.15) is 0 Å². The minimum absolute atomic E-state index is 0.00435. The summed E-state index contributed by atoms with van der Waals surface area (Å²) in [5, 5.41) is 13.2. The van der Waals surface area contributed by atoms with Crippen LogP contribution in [-0.2, 0) is 4.79 Å². The summed E-state index contributed by atoms with van der Waals surface area (Å²) < 4.78 is 0. The molecule has 1 aliphatic heterocycles. The van der Waals surface area contributed by atoms with Gasteiger partial charge in [0.15, 0.2) is 0 Å². The predicted octanol–water partition coefficient (Wildman–Crippen LogP) is 2.02. The van der Waals surface area contributed by atoms with Crippen LogP contribution < -0.4 is 5.32 Å². The molecule has 1 aliphatic rings. The number of nitrogens with one attached hydrogen (secondary N) is 1. The number of nitrogens with zero attached hydrogens (tertiary/aromatic N) is 1. The lowest BCUT2D eigenvalue weighted by atomic mass is 10.1. The molecule has 0 amide bonds. The van der Waals surface area contributed by atoms with E-state index in [1.807, 2.05) is 30.3 Å². The van der Waals surface area contributed by atoms with Crippen molar-refractivity contribution in [1.29, 1.82) is 0 Å². The standard InChI is InChI=1S/C13H12N2O2S/c16-13(17)10-7-18-12(15-10)9-5-1-3-8-4-2-6-14-11(8)9/h1-6,10,12,15H,7H2,(H,16,17)/t10-,12?/m0/s1. The number of rotatable bonds is 2. The van der Waals surface area contributed by atoms with Crippen LogP contribution in [0, 0.1) is 0 Å². The first-order valence-corrected chi connectivity index (χ1v) is 6.74. The second-order valence-corrected chi connectivity index (χ2v) is 5.33. The lowest BCUT2D eigenvalue weighted by Crippen LogP contribution is -2.33. The summed E-state index contributed by atoms with van der Waals surface area (Å²) in [6.07, 6.45) is 1.76. The molecule has 0 saturated carbocycles. The van der Waals surface area contributed by atoms with Gasteiger partial charge in [0.25, 0.3) is 0 Å². The Hall–Kier alpha value is -1.59. The average molecular weight is 260 g/mol. The van der Waals surface area contributed by atoms with E-state index in [1.54, 1.807) is 18.0 Å². The van der Waals surface area contributed by atoms with Crippen molar-refractivity contribution in [1.82, 2.24) is 10.3 Å². The number of benzene rings is 1. The Morgan fingerprint density at radius 2 is 2.22 bits per heavy atom. The molecule has 0 radical (unpaired) electrons. The van der Waals surface area contributed by atoms with Gasteiger partial charge in [-0.1, -0.05) is 24.3 Å². The topological polar surface area (TPSA) is 62.2 Å². The van der Waals surface area contributed by atoms with Crippen LogP contribution in [0.5, 0.6) is 0 Å². The first-order chi connectivity index (χ1) is 8.75. The van der Waals surface area contributed by atoms with Crippen molar-refractivity contribution in [3.05, 3.63) is 42.1 Å². The number of thioether (sulfide) groups is 1. The number of para-hydroxylation sites is 1. The lowest BCUT2D eigenvalue weighted by molar-refractivity contribution is -0.138. The highest BCUT2D eigenvalue weighted by Crippen LogP contribution is 2.35. The van der Waals surface area contributed by atoms with E-state index in [0.29, 0.717) is 5.75 Å². The number of carbonyl (C=O) groups is 1. The highest BCUT2D eigenvalue weighted by Gasteiger charge is 2.31. The summed E-state index contributed by atoms with van der Waals surface area (Å²) >= 11 is 1.61.